The number of nitrogens with one attached hydrogen (secondary N) is 1. The third-order valence-corrected chi connectivity index (χ3v) is 2.82. The lowest BCUT2D eigenvalue weighted by Gasteiger charge is -2.44. The van der Waals surface area contributed by atoms with E-state index in [1.165, 1.54) is 6.92 Å². The number of hydrogen-bond donors (Lipinski definition) is 6. The Bertz CT molecular complexity index is 273. The van der Waals surface area contributed by atoms with Crippen LogP contribution in [0.25, 0.3) is 0 Å². The predicted molar refractivity (Wildman–Crippen MR) is 52.3 cm³/mol. The summed E-state index contributed by atoms with van der Waals surface area (Å²) in [5.41, 5.74) is -1.84. The molecule has 1 amide bonds. The Morgan fingerprint density at radius 3 is 2.38 bits per heavy atom. The second-order valence-corrected chi connectivity index (χ2v) is 4.21. The van der Waals surface area contributed by atoms with E-state index in [1.807, 2.05) is 0 Å². The van der Waals surface area contributed by atoms with Crippen molar-refractivity contribution in [3.63, 3.8) is 0 Å². The molecule has 94 valence electrons. The third-order valence-electron chi connectivity index (χ3n) is 2.82. The highest BCUT2D eigenvalue weighted by atomic mass is 16.4. The van der Waals surface area contributed by atoms with Crippen molar-refractivity contribution in [1.82, 2.24) is 5.32 Å². The van der Waals surface area contributed by atoms with Gasteiger partial charge in [0.2, 0.25) is 5.91 Å². The fourth-order valence-electron chi connectivity index (χ4n) is 1.79. The highest BCUT2D eigenvalue weighted by molar-refractivity contribution is 5.72. The summed E-state index contributed by atoms with van der Waals surface area (Å²) in [4.78, 5) is 10.7. The van der Waals surface area contributed by atoms with Gasteiger partial charge in [0.15, 0.2) is 0 Å². The van der Waals surface area contributed by atoms with Gasteiger partial charge in [-0.2, -0.15) is 0 Å². The van der Waals surface area contributed by atoms with Gasteiger partial charge in [0, 0.05) is 19.9 Å². The van der Waals surface area contributed by atoms with Crippen LogP contribution < -0.4 is 5.32 Å². The van der Waals surface area contributed by atoms with Gasteiger partial charge < -0.3 is 30.8 Å². The topological polar surface area (TPSA) is 130 Å². The van der Waals surface area contributed by atoms with Crippen LogP contribution >= 0.6 is 0 Å². The molecule has 0 spiro atoms. The highest BCUT2D eigenvalue weighted by Crippen LogP contribution is 2.29. The van der Waals surface area contributed by atoms with Gasteiger partial charge in [-0.25, -0.2) is 0 Å². The van der Waals surface area contributed by atoms with E-state index < -0.39 is 35.9 Å². The van der Waals surface area contributed by atoms with Crippen LogP contribution in [0.4, 0.5) is 0 Å². The molecule has 16 heavy (non-hydrogen) atoms. The van der Waals surface area contributed by atoms with Crippen LogP contribution in [0.1, 0.15) is 13.3 Å². The maximum Gasteiger partial charge on any atom is 0.216 e. The molecule has 1 aliphatic rings. The Morgan fingerprint density at radius 1 is 1.31 bits per heavy atom. The summed E-state index contributed by atoms with van der Waals surface area (Å²) in [5.74, 6) is -0.407. The number of aliphatic hydroxyl groups is 5. The first-order valence-corrected chi connectivity index (χ1v) is 4.97. The minimum Gasteiger partial charge on any atom is -0.390 e. The molecule has 7 nitrogen and oxygen atoms in total. The average Bonchev–Trinajstić information content (AvgIpc) is 2.21. The number of carbonyl (C=O) groups is 1. The first-order valence-electron chi connectivity index (χ1n) is 4.97. The normalized spacial score (nSPS) is 44.1. The zero-order chi connectivity index (χ0) is 12.5. The van der Waals surface area contributed by atoms with Crippen molar-refractivity contribution in [3.05, 3.63) is 0 Å². The van der Waals surface area contributed by atoms with Crippen LogP contribution in [0, 0.1) is 0 Å². The predicted octanol–water partition coefficient (Wildman–Crippen LogP) is -3.30. The smallest absolute Gasteiger partial charge is 0.216 e. The van der Waals surface area contributed by atoms with Crippen LogP contribution in [0.2, 0.25) is 0 Å². The summed E-state index contributed by atoms with van der Waals surface area (Å²) in [5, 5.41) is 49.8. The van der Waals surface area contributed by atoms with Crippen molar-refractivity contribution in [2.24, 2.45) is 0 Å². The number of carbonyl (C=O) groups excluding carboxylic acids is 1. The van der Waals surface area contributed by atoms with E-state index in [4.69, 9.17) is 0 Å². The van der Waals surface area contributed by atoms with Crippen LogP contribution in [0.3, 0.4) is 0 Å². The molecule has 0 radical (unpaired) electrons. The van der Waals surface area contributed by atoms with Crippen molar-refractivity contribution < 1.29 is 30.3 Å². The Morgan fingerprint density at radius 2 is 1.88 bits per heavy atom. The summed E-state index contributed by atoms with van der Waals surface area (Å²) < 4.78 is 0. The lowest BCUT2D eigenvalue weighted by atomic mass is 9.77. The van der Waals surface area contributed by atoms with Gasteiger partial charge in [-0.05, 0) is 0 Å². The lowest BCUT2D eigenvalue weighted by molar-refractivity contribution is -0.216. The monoisotopic (exact) mass is 235 g/mol. The fourth-order valence-corrected chi connectivity index (χ4v) is 1.79. The van der Waals surface area contributed by atoms with Gasteiger partial charge in [0.25, 0.3) is 0 Å². The third kappa shape index (κ3) is 2.50. The highest BCUT2D eigenvalue weighted by Gasteiger charge is 2.50. The Balaban J connectivity index is 2.74. The molecule has 0 unspecified atom stereocenters. The Hall–Kier alpha value is -0.730. The van der Waals surface area contributed by atoms with E-state index in [0.717, 1.165) is 0 Å². The van der Waals surface area contributed by atoms with Crippen molar-refractivity contribution >= 4 is 5.91 Å². The van der Waals surface area contributed by atoms with Gasteiger partial charge in [0.1, 0.15) is 23.9 Å². The maximum atomic E-state index is 10.7. The number of aliphatic hydroxyl groups excluding tert-OH is 4. The van der Waals surface area contributed by atoms with E-state index in [2.05, 4.69) is 5.32 Å². The molecule has 0 aromatic heterocycles. The number of hydrogen-bond acceptors (Lipinski definition) is 6. The molecule has 5 atom stereocenters. The van der Waals surface area contributed by atoms with Gasteiger partial charge >= 0.3 is 0 Å². The second kappa shape index (κ2) is 4.64. The molecule has 0 bridgehead atoms. The van der Waals surface area contributed by atoms with Crippen molar-refractivity contribution in [2.75, 3.05) is 6.54 Å². The maximum absolute atomic E-state index is 10.7. The number of rotatable bonds is 2. The molecule has 0 heterocycles. The molecule has 0 aromatic rings. The van der Waals surface area contributed by atoms with E-state index in [0.29, 0.717) is 0 Å². The molecular weight excluding hydrogens is 218 g/mol. The summed E-state index contributed by atoms with van der Waals surface area (Å²) in [7, 11) is 0. The van der Waals surface area contributed by atoms with E-state index in [-0.39, 0.29) is 13.0 Å². The summed E-state index contributed by atoms with van der Waals surface area (Å²) in [6.45, 7) is 0.935. The fraction of sp³-hybridized carbons (Fsp3) is 0.889. The number of amides is 1. The van der Waals surface area contributed by atoms with Gasteiger partial charge in [-0.1, -0.05) is 0 Å². The minimum absolute atomic E-state index is 0.301. The molecule has 7 heteroatoms. The van der Waals surface area contributed by atoms with E-state index in [9.17, 15) is 30.3 Å². The summed E-state index contributed by atoms with van der Waals surface area (Å²) in [6.07, 6.45) is -6.46. The standard InChI is InChI=1S/C9H17NO6/c1-4(11)10-3-9(16)2-5(12)6(13)7(14)8(9)15/h5-8,12-16H,2-3H2,1H3,(H,10,11)/t5-,6+,7-,8-,9+/m1/s1. The zero-order valence-electron chi connectivity index (χ0n) is 8.87. The Labute approximate surface area is 92.3 Å². The molecule has 1 saturated carbocycles. The first-order chi connectivity index (χ1) is 7.28. The summed E-state index contributed by atoms with van der Waals surface area (Å²) >= 11 is 0. The van der Waals surface area contributed by atoms with Crippen LogP contribution in [0.5, 0.6) is 0 Å². The van der Waals surface area contributed by atoms with Crippen LogP contribution in [-0.4, -0.2) is 68.0 Å². The molecule has 1 rings (SSSR count). The second-order valence-electron chi connectivity index (χ2n) is 4.21. The van der Waals surface area contributed by atoms with Crippen LogP contribution in [-0.2, 0) is 4.79 Å². The molecule has 0 aromatic carbocycles. The van der Waals surface area contributed by atoms with Gasteiger partial charge in [-0.15, -0.1) is 0 Å². The molecule has 1 aliphatic carbocycles. The van der Waals surface area contributed by atoms with Crippen molar-refractivity contribution in [2.45, 2.75) is 43.4 Å². The molecule has 1 fully saturated rings. The largest absolute Gasteiger partial charge is 0.390 e. The van der Waals surface area contributed by atoms with Gasteiger partial charge in [-0.3, -0.25) is 4.79 Å². The van der Waals surface area contributed by atoms with E-state index in [1.54, 1.807) is 0 Å². The van der Waals surface area contributed by atoms with E-state index >= 15 is 0 Å². The van der Waals surface area contributed by atoms with Gasteiger partial charge in [0.05, 0.1) is 6.10 Å². The van der Waals surface area contributed by atoms with Crippen molar-refractivity contribution in [1.29, 1.82) is 0 Å². The van der Waals surface area contributed by atoms with Crippen molar-refractivity contribution in [3.8, 4) is 0 Å². The molecule has 6 N–H and O–H groups in total. The SMILES string of the molecule is CC(=O)NC[C@@]1(O)C[C@@H](O)[C@H](O)[C@@H](O)[C@H]1O. The first kappa shape index (κ1) is 13.3. The zero-order valence-corrected chi connectivity index (χ0v) is 8.87. The molecule has 0 saturated heterocycles. The Kier molecular flexibility index (Phi) is 3.87. The quantitative estimate of drug-likeness (QED) is 0.297. The lowest BCUT2D eigenvalue weighted by Crippen LogP contribution is -2.65. The average molecular weight is 235 g/mol. The van der Waals surface area contributed by atoms with Crippen LogP contribution in [0.15, 0.2) is 0 Å². The minimum atomic E-state index is -1.84. The summed E-state index contributed by atoms with van der Waals surface area (Å²) in [6, 6.07) is 0. The molecular formula is C9H17NO6. The molecule has 0 aliphatic heterocycles.